The fraction of sp³-hybridized carbons (Fsp3) is 0.556. The van der Waals surface area contributed by atoms with Crippen molar-refractivity contribution >= 4 is 11.9 Å². The molecule has 0 spiro atoms. The summed E-state index contributed by atoms with van der Waals surface area (Å²) in [4.78, 5) is 23.7. The molecule has 5 heteroatoms. The number of hydrogen-bond acceptors (Lipinski definition) is 5. The summed E-state index contributed by atoms with van der Waals surface area (Å²) in [6.45, 7) is 1.99. The van der Waals surface area contributed by atoms with E-state index in [1.165, 1.54) is 6.42 Å². The monoisotopic (exact) mass is 319 g/mol. The van der Waals surface area contributed by atoms with Crippen molar-refractivity contribution in [3.8, 4) is 0 Å². The lowest BCUT2D eigenvalue weighted by Gasteiger charge is -2.26. The average molecular weight is 319 g/mol. The van der Waals surface area contributed by atoms with Gasteiger partial charge in [0.25, 0.3) is 0 Å². The van der Waals surface area contributed by atoms with Crippen molar-refractivity contribution in [1.29, 1.82) is 0 Å². The average Bonchev–Trinajstić information content (AvgIpc) is 2.58. The Morgan fingerprint density at radius 2 is 2.00 bits per heavy atom. The number of carbonyl (C=O) groups is 2. The minimum atomic E-state index is -0.614. The molecule has 1 saturated carbocycles. The van der Waals surface area contributed by atoms with Gasteiger partial charge in [0.2, 0.25) is 0 Å². The van der Waals surface area contributed by atoms with Gasteiger partial charge >= 0.3 is 11.9 Å². The highest BCUT2D eigenvalue weighted by Crippen LogP contribution is 2.30. The highest BCUT2D eigenvalue weighted by molar-refractivity contribution is 5.73. The number of benzene rings is 1. The summed E-state index contributed by atoms with van der Waals surface area (Å²) < 4.78 is 10.7. The van der Waals surface area contributed by atoms with Crippen LogP contribution in [0, 0.1) is 11.8 Å². The zero-order valence-electron chi connectivity index (χ0n) is 13.6. The lowest BCUT2D eigenvalue weighted by Crippen LogP contribution is -2.27. The van der Waals surface area contributed by atoms with Gasteiger partial charge in [-0.05, 0) is 24.3 Å². The van der Waals surface area contributed by atoms with Crippen molar-refractivity contribution in [2.24, 2.45) is 17.6 Å². The van der Waals surface area contributed by atoms with Gasteiger partial charge in [0.05, 0.1) is 12.5 Å². The Bertz CT molecular complexity index is 517. The fourth-order valence-electron chi connectivity index (χ4n) is 3.00. The second-order valence-electron chi connectivity index (χ2n) is 6.19. The fourth-order valence-corrected chi connectivity index (χ4v) is 3.00. The molecule has 0 heterocycles. The molecule has 0 unspecified atom stereocenters. The maximum atomic E-state index is 12.2. The van der Waals surface area contributed by atoms with Crippen LogP contribution in [0.15, 0.2) is 30.3 Å². The summed E-state index contributed by atoms with van der Waals surface area (Å²) in [6.07, 6.45) is 3.37. The quantitative estimate of drug-likeness (QED) is 0.815. The summed E-state index contributed by atoms with van der Waals surface area (Å²) in [5.74, 6) is -0.191. The van der Waals surface area contributed by atoms with E-state index >= 15 is 0 Å². The van der Waals surface area contributed by atoms with Crippen LogP contribution in [-0.4, -0.2) is 25.1 Å². The van der Waals surface area contributed by atoms with Crippen LogP contribution in [0.25, 0.3) is 0 Å². The number of rotatable bonds is 6. The first-order valence-electron chi connectivity index (χ1n) is 8.21. The summed E-state index contributed by atoms with van der Waals surface area (Å²) in [5.41, 5.74) is 6.10. The molecule has 0 bridgehead atoms. The Balaban J connectivity index is 1.94. The first kappa shape index (κ1) is 17.5. The minimum absolute atomic E-state index is 0.0272. The number of carbonyl (C=O) groups excluding carboxylic acids is 2. The van der Waals surface area contributed by atoms with Crippen molar-refractivity contribution < 1.29 is 19.1 Å². The zero-order chi connectivity index (χ0) is 16.7. The third kappa shape index (κ3) is 5.36. The van der Waals surface area contributed by atoms with Crippen LogP contribution in [0.5, 0.6) is 0 Å². The van der Waals surface area contributed by atoms with Crippen LogP contribution < -0.4 is 5.73 Å². The van der Waals surface area contributed by atoms with E-state index < -0.39 is 12.1 Å². The van der Waals surface area contributed by atoms with Crippen LogP contribution in [0.2, 0.25) is 0 Å². The van der Waals surface area contributed by atoms with Crippen LogP contribution in [0.3, 0.4) is 0 Å². The summed E-state index contributed by atoms with van der Waals surface area (Å²) in [6, 6.07) is 9.25. The van der Waals surface area contributed by atoms with Gasteiger partial charge in [0.15, 0.2) is 6.10 Å². The van der Waals surface area contributed by atoms with Crippen LogP contribution >= 0.6 is 0 Å². The van der Waals surface area contributed by atoms with E-state index in [0.29, 0.717) is 5.92 Å². The highest BCUT2D eigenvalue weighted by atomic mass is 16.6. The molecule has 1 aromatic carbocycles. The lowest BCUT2D eigenvalue weighted by atomic mass is 9.82. The third-order valence-corrected chi connectivity index (χ3v) is 4.26. The number of nitrogens with two attached hydrogens (primary N) is 1. The standard InChI is InChI=1S/C18H25NO4/c1-13-6-5-9-15(10-13)18(21)22-12-16(23-17(20)11-19)14-7-3-2-4-8-14/h2-4,7-8,13,15-16H,5-6,9-12,19H2,1H3/t13-,15+,16-/m1/s1. The molecule has 0 aromatic heterocycles. The first-order chi connectivity index (χ1) is 11.1. The molecule has 2 N–H and O–H groups in total. The van der Waals surface area contributed by atoms with Crippen molar-refractivity contribution in [3.05, 3.63) is 35.9 Å². The predicted octanol–water partition coefficient (Wildman–Crippen LogP) is 2.60. The van der Waals surface area contributed by atoms with Crippen molar-refractivity contribution in [2.75, 3.05) is 13.2 Å². The van der Waals surface area contributed by atoms with E-state index in [2.05, 4.69) is 6.92 Å². The molecule has 2 rings (SSSR count). The third-order valence-electron chi connectivity index (χ3n) is 4.26. The van der Waals surface area contributed by atoms with Gasteiger partial charge in [0.1, 0.15) is 6.61 Å². The summed E-state index contributed by atoms with van der Waals surface area (Å²) in [7, 11) is 0. The largest absolute Gasteiger partial charge is 0.461 e. The molecular formula is C18H25NO4. The van der Waals surface area contributed by atoms with E-state index in [1.54, 1.807) is 0 Å². The van der Waals surface area contributed by atoms with Crippen LogP contribution in [0.1, 0.15) is 44.3 Å². The van der Waals surface area contributed by atoms with Crippen LogP contribution in [0.4, 0.5) is 0 Å². The molecule has 1 fully saturated rings. The van der Waals surface area contributed by atoms with E-state index in [0.717, 1.165) is 24.8 Å². The molecule has 1 aliphatic rings. The Labute approximate surface area is 137 Å². The predicted molar refractivity (Wildman–Crippen MR) is 86.4 cm³/mol. The van der Waals surface area contributed by atoms with Gasteiger partial charge in [-0.2, -0.15) is 0 Å². The molecular weight excluding hydrogens is 294 g/mol. The molecule has 0 amide bonds. The Morgan fingerprint density at radius 1 is 1.26 bits per heavy atom. The second kappa shape index (κ2) is 8.67. The smallest absolute Gasteiger partial charge is 0.320 e. The van der Waals surface area contributed by atoms with Gasteiger partial charge in [-0.3, -0.25) is 9.59 Å². The van der Waals surface area contributed by atoms with E-state index in [4.69, 9.17) is 15.2 Å². The van der Waals surface area contributed by atoms with Gasteiger partial charge in [0, 0.05) is 0 Å². The summed E-state index contributed by atoms with van der Waals surface area (Å²) >= 11 is 0. The van der Waals surface area contributed by atoms with Crippen molar-refractivity contribution in [3.63, 3.8) is 0 Å². The molecule has 5 nitrogen and oxygen atoms in total. The number of ether oxygens (including phenoxy) is 2. The molecule has 1 aromatic rings. The molecule has 0 aliphatic heterocycles. The SMILES string of the molecule is C[C@@H]1CCC[C@H](C(=O)OC[C@@H](OC(=O)CN)c2ccccc2)C1. The molecule has 0 radical (unpaired) electrons. The Morgan fingerprint density at radius 3 is 2.65 bits per heavy atom. The van der Waals surface area contributed by atoms with E-state index in [-0.39, 0.29) is 25.0 Å². The second-order valence-corrected chi connectivity index (χ2v) is 6.19. The maximum Gasteiger partial charge on any atom is 0.320 e. The summed E-state index contributed by atoms with van der Waals surface area (Å²) in [5, 5.41) is 0. The topological polar surface area (TPSA) is 78.6 Å². The van der Waals surface area contributed by atoms with E-state index in [9.17, 15) is 9.59 Å². The zero-order valence-corrected chi connectivity index (χ0v) is 13.6. The normalized spacial score (nSPS) is 22.2. The Kier molecular flexibility index (Phi) is 6.59. The number of esters is 2. The van der Waals surface area contributed by atoms with Crippen molar-refractivity contribution in [2.45, 2.75) is 38.7 Å². The molecule has 1 aliphatic carbocycles. The van der Waals surface area contributed by atoms with Crippen molar-refractivity contribution in [1.82, 2.24) is 0 Å². The minimum Gasteiger partial charge on any atom is -0.461 e. The maximum absolute atomic E-state index is 12.2. The van der Waals surface area contributed by atoms with Gasteiger partial charge in [-0.1, -0.05) is 50.1 Å². The van der Waals surface area contributed by atoms with E-state index in [1.807, 2.05) is 30.3 Å². The number of hydrogen-bond donors (Lipinski definition) is 1. The highest BCUT2D eigenvalue weighted by Gasteiger charge is 2.27. The van der Waals surface area contributed by atoms with Gasteiger partial charge < -0.3 is 15.2 Å². The molecule has 3 atom stereocenters. The molecule has 23 heavy (non-hydrogen) atoms. The Hall–Kier alpha value is -1.88. The molecule has 126 valence electrons. The lowest BCUT2D eigenvalue weighted by molar-refractivity contribution is -0.162. The van der Waals surface area contributed by atoms with Gasteiger partial charge in [-0.15, -0.1) is 0 Å². The van der Waals surface area contributed by atoms with Crippen LogP contribution in [-0.2, 0) is 19.1 Å². The first-order valence-corrected chi connectivity index (χ1v) is 8.21. The van der Waals surface area contributed by atoms with Gasteiger partial charge in [-0.25, -0.2) is 0 Å². The molecule has 0 saturated heterocycles.